The summed E-state index contributed by atoms with van der Waals surface area (Å²) in [6.45, 7) is 3.75. The van der Waals surface area contributed by atoms with E-state index in [4.69, 9.17) is 0 Å². The summed E-state index contributed by atoms with van der Waals surface area (Å²) in [6.07, 6.45) is 1.05. The molecule has 2 aromatic carbocycles. The number of guanidine groups is 1. The molecule has 4 heteroatoms. The van der Waals surface area contributed by atoms with E-state index in [1.165, 1.54) is 16.7 Å². The van der Waals surface area contributed by atoms with Crippen molar-refractivity contribution < 1.29 is 0 Å². The Hall–Kier alpha value is -1.56. The lowest BCUT2D eigenvalue weighted by Gasteiger charge is -2.13. The molecule has 0 fully saturated rings. The predicted octanol–water partition coefficient (Wildman–Crippen LogP) is 3.73. The molecule has 2 rings (SSSR count). The molecule has 0 bridgehead atoms. The third-order valence-corrected chi connectivity index (χ3v) is 3.47. The van der Waals surface area contributed by atoms with E-state index in [1.54, 1.807) is 7.05 Å². The van der Waals surface area contributed by atoms with Crippen LogP contribution in [0.1, 0.15) is 23.6 Å². The zero-order chi connectivity index (χ0) is 14.9. The van der Waals surface area contributed by atoms with Gasteiger partial charge in [0.1, 0.15) is 0 Å². The number of hydrogen-bond donors (Lipinski definition) is 2. The van der Waals surface area contributed by atoms with Crippen LogP contribution in [-0.2, 0) is 19.5 Å². The number of rotatable bonds is 5. The second-order valence-electron chi connectivity index (χ2n) is 4.89. The molecular weight excluding hydrogens is 385 g/mol. The Morgan fingerprint density at radius 1 is 0.864 bits per heavy atom. The molecule has 2 aromatic rings. The van der Waals surface area contributed by atoms with Gasteiger partial charge in [-0.1, -0.05) is 61.5 Å². The molecule has 22 heavy (non-hydrogen) atoms. The van der Waals surface area contributed by atoms with E-state index in [-0.39, 0.29) is 24.0 Å². The highest BCUT2D eigenvalue weighted by Gasteiger charge is 2.02. The number of aliphatic imine (C=N–C) groups is 1. The van der Waals surface area contributed by atoms with Crippen LogP contribution in [0, 0.1) is 0 Å². The average molecular weight is 409 g/mol. The fourth-order valence-electron chi connectivity index (χ4n) is 2.26. The summed E-state index contributed by atoms with van der Waals surface area (Å²) in [5.41, 5.74) is 3.94. The molecule has 0 radical (unpaired) electrons. The van der Waals surface area contributed by atoms with Gasteiger partial charge in [0, 0.05) is 20.1 Å². The molecule has 0 spiro atoms. The summed E-state index contributed by atoms with van der Waals surface area (Å²) < 4.78 is 0. The Kier molecular flexibility index (Phi) is 8.58. The molecule has 0 unspecified atom stereocenters. The lowest BCUT2D eigenvalue weighted by atomic mass is 10.1. The minimum Gasteiger partial charge on any atom is -0.352 e. The highest BCUT2D eigenvalue weighted by atomic mass is 127. The Labute approximate surface area is 150 Å². The van der Waals surface area contributed by atoms with Gasteiger partial charge < -0.3 is 10.6 Å². The Balaban J connectivity index is 0.00000242. The third kappa shape index (κ3) is 5.67. The lowest BCUT2D eigenvalue weighted by molar-refractivity contribution is 0.803. The second-order valence-corrected chi connectivity index (χ2v) is 4.89. The van der Waals surface area contributed by atoms with Crippen LogP contribution in [-0.4, -0.2) is 13.0 Å². The lowest BCUT2D eigenvalue weighted by Crippen LogP contribution is -2.36. The topological polar surface area (TPSA) is 36.4 Å². The molecule has 3 nitrogen and oxygen atoms in total. The Bertz CT molecular complexity index is 582. The van der Waals surface area contributed by atoms with E-state index in [0.717, 1.165) is 25.5 Å². The van der Waals surface area contributed by atoms with Crippen LogP contribution >= 0.6 is 24.0 Å². The standard InChI is InChI=1S/C18H23N3.HI/c1-3-16-11-7-8-12-17(16)14-21-18(19-2)20-13-15-9-5-4-6-10-15;/h4-12H,3,13-14H2,1-2H3,(H2,19,20,21);1H. The quantitative estimate of drug-likeness (QED) is 0.449. The summed E-state index contributed by atoms with van der Waals surface area (Å²) in [5, 5.41) is 6.70. The maximum Gasteiger partial charge on any atom is 0.191 e. The molecular formula is C18H24IN3. The van der Waals surface area contributed by atoms with E-state index >= 15 is 0 Å². The molecule has 0 aliphatic heterocycles. The minimum atomic E-state index is 0. The van der Waals surface area contributed by atoms with Crippen LogP contribution in [0.5, 0.6) is 0 Å². The smallest absolute Gasteiger partial charge is 0.191 e. The van der Waals surface area contributed by atoms with Crippen molar-refractivity contribution in [3.63, 3.8) is 0 Å². The largest absolute Gasteiger partial charge is 0.352 e. The maximum atomic E-state index is 4.27. The number of nitrogens with zero attached hydrogens (tertiary/aromatic N) is 1. The van der Waals surface area contributed by atoms with Crippen LogP contribution in [0.15, 0.2) is 59.6 Å². The SMILES string of the molecule is CCc1ccccc1CNC(=NC)NCc1ccccc1.I. The van der Waals surface area contributed by atoms with Crippen LogP contribution in [0.4, 0.5) is 0 Å². The monoisotopic (exact) mass is 409 g/mol. The number of hydrogen-bond acceptors (Lipinski definition) is 1. The van der Waals surface area contributed by atoms with Gasteiger partial charge >= 0.3 is 0 Å². The van der Waals surface area contributed by atoms with E-state index < -0.39 is 0 Å². The molecule has 0 saturated carbocycles. The van der Waals surface area contributed by atoms with Crippen molar-refractivity contribution in [2.75, 3.05) is 7.05 Å². The highest BCUT2D eigenvalue weighted by molar-refractivity contribution is 14.0. The molecule has 0 heterocycles. The van der Waals surface area contributed by atoms with Gasteiger partial charge in [-0.25, -0.2) is 0 Å². The predicted molar refractivity (Wildman–Crippen MR) is 105 cm³/mol. The zero-order valence-electron chi connectivity index (χ0n) is 13.2. The van der Waals surface area contributed by atoms with Crippen LogP contribution < -0.4 is 10.6 Å². The van der Waals surface area contributed by atoms with Crippen LogP contribution in [0.25, 0.3) is 0 Å². The highest BCUT2D eigenvalue weighted by Crippen LogP contribution is 2.08. The van der Waals surface area contributed by atoms with Crippen molar-refractivity contribution in [2.45, 2.75) is 26.4 Å². The first-order valence-corrected chi connectivity index (χ1v) is 7.38. The van der Waals surface area contributed by atoms with E-state index in [9.17, 15) is 0 Å². The second kappa shape index (κ2) is 10.2. The fraction of sp³-hybridized carbons (Fsp3) is 0.278. The van der Waals surface area contributed by atoms with Crippen LogP contribution in [0.3, 0.4) is 0 Å². The first-order chi connectivity index (χ1) is 10.3. The average Bonchev–Trinajstić information content (AvgIpc) is 2.56. The van der Waals surface area contributed by atoms with Gasteiger partial charge in [0.25, 0.3) is 0 Å². The molecule has 0 aliphatic carbocycles. The maximum absolute atomic E-state index is 4.27. The molecule has 0 amide bonds. The van der Waals surface area contributed by atoms with Crippen LogP contribution in [0.2, 0.25) is 0 Å². The van der Waals surface area contributed by atoms with Crippen molar-refractivity contribution in [3.8, 4) is 0 Å². The third-order valence-electron chi connectivity index (χ3n) is 3.47. The van der Waals surface area contributed by atoms with Gasteiger partial charge in [0.05, 0.1) is 0 Å². The molecule has 0 atom stereocenters. The summed E-state index contributed by atoms with van der Waals surface area (Å²) in [4.78, 5) is 4.27. The number of halogens is 1. The number of benzene rings is 2. The Morgan fingerprint density at radius 2 is 1.45 bits per heavy atom. The summed E-state index contributed by atoms with van der Waals surface area (Å²) in [5.74, 6) is 0.824. The molecule has 0 saturated heterocycles. The van der Waals surface area contributed by atoms with Crippen molar-refractivity contribution >= 4 is 29.9 Å². The summed E-state index contributed by atoms with van der Waals surface area (Å²) in [7, 11) is 1.80. The zero-order valence-corrected chi connectivity index (χ0v) is 15.5. The molecule has 2 N–H and O–H groups in total. The molecule has 0 aromatic heterocycles. The van der Waals surface area contributed by atoms with Crippen molar-refractivity contribution in [1.82, 2.24) is 10.6 Å². The van der Waals surface area contributed by atoms with E-state index in [2.05, 4.69) is 58.9 Å². The van der Waals surface area contributed by atoms with Crippen molar-refractivity contribution in [2.24, 2.45) is 4.99 Å². The van der Waals surface area contributed by atoms with E-state index in [0.29, 0.717) is 0 Å². The fourth-order valence-corrected chi connectivity index (χ4v) is 2.26. The van der Waals surface area contributed by atoms with Gasteiger partial charge in [0.15, 0.2) is 5.96 Å². The Morgan fingerprint density at radius 3 is 2.09 bits per heavy atom. The normalized spacial score (nSPS) is 10.7. The van der Waals surface area contributed by atoms with Gasteiger partial charge in [-0.3, -0.25) is 4.99 Å². The first kappa shape index (κ1) is 18.5. The first-order valence-electron chi connectivity index (χ1n) is 7.38. The molecule has 118 valence electrons. The van der Waals surface area contributed by atoms with Gasteiger partial charge in [-0.2, -0.15) is 0 Å². The van der Waals surface area contributed by atoms with Crippen molar-refractivity contribution in [1.29, 1.82) is 0 Å². The minimum absolute atomic E-state index is 0. The van der Waals surface area contributed by atoms with Gasteiger partial charge in [-0.05, 0) is 23.1 Å². The number of aryl methyl sites for hydroxylation is 1. The summed E-state index contributed by atoms with van der Waals surface area (Å²) >= 11 is 0. The van der Waals surface area contributed by atoms with E-state index in [1.807, 2.05) is 18.2 Å². The van der Waals surface area contributed by atoms with Gasteiger partial charge in [-0.15, -0.1) is 24.0 Å². The van der Waals surface area contributed by atoms with Gasteiger partial charge in [0.2, 0.25) is 0 Å². The van der Waals surface area contributed by atoms with Crippen molar-refractivity contribution in [3.05, 3.63) is 71.3 Å². The molecule has 0 aliphatic rings. The summed E-state index contributed by atoms with van der Waals surface area (Å²) in [6, 6.07) is 18.8. The number of nitrogens with one attached hydrogen (secondary N) is 2.